The fourth-order valence-corrected chi connectivity index (χ4v) is 6.07. The quantitative estimate of drug-likeness (QED) is 0.556. The van der Waals surface area contributed by atoms with Crippen molar-refractivity contribution in [1.29, 1.82) is 0 Å². The number of carbonyl (C=O) groups is 2. The molecule has 2 atom stereocenters. The average molecular weight is 477 g/mol. The fourth-order valence-electron chi connectivity index (χ4n) is 6.07. The Labute approximate surface area is 200 Å². The molecular formula is C25H37FN4O4. The van der Waals surface area contributed by atoms with Gasteiger partial charge in [-0.25, -0.2) is 9.48 Å². The Balaban J connectivity index is 1.52. The monoisotopic (exact) mass is 476 g/mol. The summed E-state index contributed by atoms with van der Waals surface area (Å²) >= 11 is 0. The molecular weight excluding hydrogens is 439 g/mol. The number of primary amides is 1. The van der Waals surface area contributed by atoms with Gasteiger partial charge in [-0.3, -0.25) is 9.18 Å². The number of halogens is 1. The maximum absolute atomic E-state index is 13.4. The summed E-state index contributed by atoms with van der Waals surface area (Å²) in [6.07, 6.45) is 8.52. The maximum atomic E-state index is 13.4. The Kier molecular flexibility index (Phi) is 6.66. The van der Waals surface area contributed by atoms with Crippen molar-refractivity contribution in [2.24, 2.45) is 34.8 Å². The molecule has 4 aliphatic carbocycles. The van der Waals surface area contributed by atoms with Gasteiger partial charge in [-0.2, -0.15) is 5.10 Å². The third-order valence-electron chi connectivity index (χ3n) is 7.39. The minimum atomic E-state index is -0.717. The molecule has 34 heavy (non-hydrogen) atoms. The normalized spacial score (nSPS) is 30.2. The van der Waals surface area contributed by atoms with E-state index in [2.05, 4.69) is 10.4 Å². The topological polar surface area (TPSA) is 108 Å². The number of hydrogen-bond acceptors (Lipinski definition) is 5. The summed E-state index contributed by atoms with van der Waals surface area (Å²) in [6.45, 7) is 7.55. The van der Waals surface area contributed by atoms with Crippen molar-refractivity contribution in [2.75, 3.05) is 13.3 Å². The molecule has 4 bridgehead atoms. The average Bonchev–Trinajstić information content (AvgIpc) is 3.15. The van der Waals surface area contributed by atoms with E-state index >= 15 is 0 Å². The molecule has 2 amide bonds. The van der Waals surface area contributed by atoms with Crippen LogP contribution in [-0.2, 0) is 4.74 Å². The summed E-state index contributed by atoms with van der Waals surface area (Å²) in [5, 5.41) is 7.58. The zero-order chi connectivity index (χ0) is 24.7. The van der Waals surface area contributed by atoms with Gasteiger partial charge < -0.3 is 20.5 Å². The second-order valence-electron chi connectivity index (χ2n) is 11.5. The van der Waals surface area contributed by atoms with Crippen molar-refractivity contribution in [2.45, 2.75) is 71.4 Å². The molecule has 0 aromatic carbocycles. The summed E-state index contributed by atoms with van der Waals surface area (Å²) in [4.78, 5) is 24.9. The van der Waals surface area contributed by atoms with Crippen molar-refractivity contribution in [3.8, 4) is 5.88 Å². The van der Waals surface area contributed by atoms with Crippen LogP contribution in [-0.4, -0.2) is 46.7 Å². The molecule has 188 valence electrons. The van der Waals surface area contributed by atoms with E-state index in [1.54, 1.807) is 26.1 Å². The van der Waals surface area contributed by atoms with E-state index in [1.165, 1.54) is 10.9 Å². The molecule has 0 saturated heterocycles. The second kappa shape index (κ2) is 9.23. The van der Waals surface area contributed by atoms with Gasteiger partial charge in [-0.1, -0.05) is 33.8 Å². The highest BCUT2D eigenvalue weighted by atomic mass is 19.1. The van der Waals surface area contributed by atoms with E-state index in [1.807, 2.05) is 13.8 Å². The highest BCUT2D eigenvalue weighted by Gasteiger charge is 2.57. The molecule has 4 aliphatic rings. The number of nitrogens with two attached hydrogens (primary N) is 1. The molecule has 1 heterocycles. The number of allylic oxidation sites excluding steroid dienone is 1. The number of alkyl halides is 1. The van der Waals surface area contributed by atoms with Crippen LogP contribution in [0.3, 0.4) is 0 Å². The number of nitrogens with zero attached hydrogens (tertiary/aromatic N) is 2. The van der Waals surface area contributed by atoms with Gasteiger partial charge in [0.15, 0.2) is 0 Å². The van der Waals surface area contributed by atoms with E-state index in [0.717, 1.165) is 32.1 Å². The van der Waals surface area contributed by atoms with Gasteiger partial charge in [-0.05, 0) is 55.8 Å². The van der Waals surface area contributed by atoms with Crippen LogP contribution in [0.2, 0.25) is 0 Å². The first-order chi connectivity index (χ1) is 16.0. The molecule has 4 saturated carbocycles. The minimum Gasteiger partial charge on any atom is -0.477 e. The highest BCUT2D eigenvalue weighted by Crippen LogP contribution is 2.57. The molecule has 1 aromatic heterocycles. The summed E-state index contributed by atoms with van der Waals surface area (Å²) in [6, 6.07) is 0.0102. The molecule has 2 unspecified atom stereocenters. The smallest absolute Gasteiger partial charge is 0.405 e. The molecule has 0 spiro atoms. The van der Waals surface area contributed by atoms with Crippen molar-refractivity contribution in [3.05, 3.63) is 17.8 Å². The van der Waals surface area contributed by atoms with E-state index < -0.39 is 23.8 Å². The zero-order valence-electron chi connectivity index (χ0n) is 20.6. The van der Waals surface area contributed by atoms with E-state index in [-0.39, 0.29) is 29.7 Å². The van der Waals surface area contributed by atoms with E-state index in [0.29, 0.717) is 24.0 Å². The third kappa shape index (κ3) is 5.08. The number of nitrogens with one attached hydrogen (secondary N) is 1. The fraction of sp³-hybridized carbons (Fsp3) is 0.720. The summed E-state index contributed by atoms with van der Waals surface area (Å²) in [5.41, 5.74) is 4.59. The molecule has 9 heteroatoms. The Morgan fingerprint density at radius 1 is 1.32 bits per heavy atom. The molecule has 0 radical (unpaired) electrons. The lowest BCUT2D eigenvalue weighted by molar-refractivity contribution is -0.137. The lowest BCUT2D eigenvalue weighted by atomic mass is 9.52. The van der Waals surface area contributed by atoms with E-state index in [9.17, 15) is 14.0 Å². The predicted molar refractivity (Wildman–Crippen MR) is 126 cm³/mol. The molecule has 5 rings (SSSR count). The van der Waals surface area contributed by atoms with Gasteiger partial charge >= 0.3 is 6.09 Å². The van der Waals surface area contributed by atoms with Crippen LogP contribution in [0.15, 0.2) is 12.3 Å². The molecule has 8 nitrogen and oxygen atoms in total. The Hall–Kier alpha value is -2.58. The van der Waals surface area contributed by atoms with Crippen LogP contribution >= 0.6 is 0 Å². The maximum Gasteiger partial charge on any atom is 0.405 e. The summed E-state index contributed by atoms with van der Waals surface area (Å²) in [5.74, 6) is 1.38. The van der Waals surface area contributed by atoms with Crippen LogP contribution in [0.25, 0.3) is 6.20 Å². The van der Waals surface area contributed by atoms with Gasteiger partial charge in [0.05, 0.1) is 19.5 Å². The summed E-state index contributed by atoms with van der Waals surface area (Å²) in [7, 11) is 0. The molecule has 4 fully saturated rings. The van der Waals surface area contributed by atoms with Gasteiger partial charge in [0, 0.05) is 17.7 Å². The third-order valence-corrected chi connectivity index (χ3v) is 7.39. The minimum absolute atomic E-state index is 0.0102. The van der Waals surface area contributed by atoms with Crippen molar-refractivity contribution < 1.29 is 23.5 Å². The molecule has 3 N–H and O–H groups in total. The Morgan fingerprint density at radius 3 is 2.59 bits per heavy atom. The standard InChI is InChI=1S/C25H37FN4O4/c1-15(2)13-33-22-19(12-28-30(22)6-5-24(3,4)14-26)21(31)29-20-17-7-16-8-18(20)11-25(9-16,10-17)34-23(27)32/h5-6,12,15-18,20H,7-11,13-14H2,1-4H3,(H2,27,32)(H,29,31). The van der Waals surface area contributed by atoms with Gasteiger partial charge in [0.25, 0.3) is 5.91 Å². The number of aromatic nitrogens is 2. The predicted octanol–water partition coefficient (Wildman–Crippen LogP) is 4.16. The second-order valence-corrected chi connectivity index (χ2v) is 11.5. The first-order valence-corrected chi connectivity index (χ1v) is 12.3. The SMILES string of the molecule is CC(C)COc1c(C(=O)NC2C3CC4CC2CC(OC(N)=O)(C4)C3)cnn1C=CC(C)(C)CF. The first kappa shape index (κ1) is 24.5. The lowest BCUT2D eigenvalue weighted by Crippen LogP contribution is -2.63. The number of amides is 2. The van der Waals surface area contributed by atoms with Gasteiger partial charge in [0.1, 0.15) is 11.2 Å². The lowest BCUT2D eigenvalue weighted by Gasteiger charge is -2.58. The number of hydrogen-bond donors (Lipinski definition) is 2. The van der Waals surface area contributed by atoms with Crippen molar-refractivity contribution >= 4 is 18.2 Å². The molecule has 1 aromatic rings. The first-order valence-electron chi connectivity index (χ1n) is 12.3. The highest BCUT2D eigenvalue weighted by molar-refractivity contribution is 5.96. The van der Waals surface area contributed by atoms with Crippen LogP contribution in [0.1, 0.15) is 70.2 Å². The number of ether oxygens (including phenoxy) is 2. The van der Waals surface area contributed by atoms with Crippen LogP contribution in [0, 0.1) is 29.1 Å². The Bertz CT molecular complexity index is 941. The van der Waals surface area contributed by atoms with Crippen molar-refractivity contribution in [3.63, 3.8) is 0 Å². The van der Waals surface area contributed by atoms with Crippen LogP contribution < -0.4 is 15.8 Å². The molecule has 0 aliphatic heterocycles. The zero-order valence-corrected chi connectivity index (χ0v) is 20.6. The number of carbonyl (C=O) groups excluding carboxylic acids is 2. The van der Waals surface area contributed by atoms with Gasteiger partial charge in [0.2, 0.25) is 5.88 Å². The summed E-state index contributed by atoms with van der Waals surface area (Å²) < 4.78 is 26.3. The van der Waals surface area contributed by atoms with E-state index in [4.69, 9.17) is 15.2 Å². The Morgan fingerprint density at radius 2 is 2.00 bits per heavy atom. The van der Waals surface area contributed by atoms with Gasteiger partial charge in [-0.15, -0.1) is 0 Å². The van der Waals surface area contributed by atoms with Crippen LogP contribution in [0.4, 0.5) is 9.18 Å². The largest absolute Gasteiger partial charge is 0.477 e. The van der Waals surface area contributed by atoms with Crippen molar-refractivity contribution in [1.82, 2.24) is 15.1 Å². The number of rotatable bonds is 9. The van der Waals surface area contributed by atoms with Crippen LogP contribution in [0.5, 0.6) is 5.88 Å².